The lowest BCUT2D eigenvalue weighted by Crippen LogP contribution is -2.57. The van der Waals surface area contributed by atoms with Gasteiger partial charge in [-0.1, -0.05) is 24.3 Å². The Kier molecular flexibility index (Phi) is 6.64. The zero-order valence-electron chi connectivity index (χ0n) is 21.7. The van der Waals surface area contributed by atoms with Crippen molar-refractivity contribution >= 4 is 5.97 Å². The molecule has 2 fully saturated rings. The number of ether oxygens (including phenoxy) is 4. The van der Waals surface area contributed by atoms with Crippen LogP contribution in [0, 0.1) is 11.3 Å². The number of carbonyl (C=O) groups is 1. The van der Waals surface area contributed by atoms with Gasteiger partial charge in [0.2, 0.25) is 0 Å². The molecule has 2 aromatic rings. The summed E-state index contributed by atoms with van der Waals surface area (Å²) in [5.41, 5.74) is 2.10. The lowest BCUT2D eigenvalue weighted by atomic mass is 9.61. The predicted octanol–water partition coefficient (Wildman–Crippen LogP) is 5.08. The number of methoxy groups -OCH3 is 1. The second kappa shape index (κ2) is 9.60. The zero-order chi connectivity index (χ0) is 25.5. The molecular formula is C29H37NO6. The maximum Gasteiger partial charge on any atom is 0.341 e. The van der Waals surface area contributed by atoms with Gasteiger partial charge >= 0.3 is 5.97 Å². The molecule has 3 atom stereocenters. The summed E-state index contributed by atoms with van der Waals surface area (Å²) in [4.78, 5) is 13.2. The maximum absolute atomic E-state index is 10.7. The first-order valence-electron chi connectivity index (χ1n) is 12.9. The standard InChI is InChI=1S/C29H37NO6/c1-19-29(12-14-30(15-13-29)17-20-8-10-21(11-9-20)34-18-25(31)32)16-23-26(35-19)22-6-5-7-24(33-4)27(22)36-28(23,2)3/h5-11,19,23,26H,12-18H2,1-4H3,(H,31,32)/t19-,23-,26+/m0/s1. The van der Waals surface area contributed by atoms with Gasteiger partial charge in [-0.15, -0.1) is 0 Å². The van der Waals surface area contributed by atoms with Crippen LogP contribution in [0.5, 0.6) is 17.2 Å². The van der Waals surface area contributed by atoms with E-state index in [1.54, 1.807) is 7.11 Å². The van der Waals surface area contributed by atoms with Crippen LogP contribution in [-0.2, 0) is 16.1 Å². The Morgan fingerprint density at radius 2 is 1.86 bits per heavy atom. The number of aliphatic carboxylic acids is 1. The second-order valence-corrected chi connectivity index (χ2v) is 11.1. The fourth-order valence-corrected chi connectivity index (χ4v) is 6.30. The van der Waals surface area contributed by atoms with Crippen molar-refractivity contribution in [3.63, 3.8) is 0 Å². The molecule has 0 radical (unpaired) electrons. The van der Waals surface area contributed by atoms with Gasteiger partial charge in [-0.3, -0.25) is 4.90 Å². The quantitative estimate of drug-likeness (QED) is 0.599. The van der Waals surface area contributed by atoms with E-state index in [-0.39, 0.29) is 35.7 Å². The van der Waals surface area contributed by atoms with Crippen LogP contribution in [0.2, 0.25) is 0 Å². The first kappa shape index (κ1) is 24.9. The molecule has 3 heterocycles. The number of nitrogens with zero attached hydrogens (tertiary/aromatic N) is 1. The summed E-state index contributed by atoms with van der Waals surface area (Å²) in [6.07, 6.45) is 3.46. The fourth-order valence-electron chi connectivity index (χ4n) is 6.30. The molecule has 7 nitrogen and oxygen atoms in total. The summed E-state index contributed by atoms with van der Waals surface area (Å²) >= 11 is 0. The summed E-state index contributed by atoms with van der Waals surface area (Å²) in [7, 11) is 1.69. The molecule has 0 aliphatic carbocycles. The second-order valence-electron chi connectivity index (χ2n) is 11.1. The minimum Gasteiger partial charge on any atom is -0.493 e. The Balaban J connectivity index is 1.25. The van der Waals surface area contributed by atoms with Gasteiger partial charge in [0.25, 0.3) is 0 Å². The molecule has 0 bridgehead atoms. The highest BCUT2D eigenvalue weighted by Crippen LogP contribution is 2.59. The largest absolute Gasteiger partial charge is 0.493 e. The van der Waals surface area contributed by atoms with Crippen LogP contribution in [0.25, 0.3) is 0 Å². The highest BCUT2D eigenvalue weighted by Gasteiger charge is 2.55. The molecule has 5 rings (SSSR count). The van der Waals surface area contributed by atoms with Gasteiger partial charge in [0.05, 0.1) is 19.3 Å². The Hall–Kier alpha value is -2.77. The smallest absolute Gasteiger partial charge is 0.341 e. The van der Waals surface area contributed by atoms with Crippen LogP contribution in [0.1, 0.15) is 57.3 Å². The van der Waals surface area contributed by atoms with E-state index in [2.05, 4.69) is 31.7 Å². The summed E-state index contributed by atoms with van der Waals surface area (Å²) < 4.78 is 24.2. The van der Waals surface area contributed by atoms with Gasteiger partial charge in [0.15, 0.2) is 18.1 Å². The van der Waals surface area contributed by atoms with Crippen LogP contribution in [0.4, 0.5) is 0 Å². The van der Waals surface area contributed by atoms with Crippen molar-refractivity contribution in [2.75, 3.05) is 26.8 Å². The summed E-state index contributed by atoms with van der Waals surface area (Å²) in [6, 6.07) is 13.8. The van der Waals surface area contributed by atoms with E-state index < -0.39 is 5.97 Å². The van der Waals surface area contributed by atoms with Gasteiger partial charge in [-0.05, 0) is 82.3 Å². The highest BCUT2D eigenvalue weighted by molar-refractivity contribution is 5.68. The van der Waals surface area contributed by atoms with Crippen molar-refractivity contribution in [1.29, 1.82) is 0 Å². The van der Waals surface area contributed by atoms with Gasteiger partial charge < -0.3 is 24.1 Å². The molecule has 1 N–H and O–H groups in total. The molecule has 3 aliphatic heterocycles. The topological polar surface area (TPSA) is 77.5 Å². The number of likely N-dealkylation sites (tertiary alicyclic amines) is 1. The third kappa shape index (κ3) is 4.66. The lowest BCUT2D eigenvalue weighted by molar-refractivity contribution is -0.210. The van der Waals surface area contributed by atoms with Crippen LogP contribution in [0.3, 0.4) is 0 Å². The summed E-state index contributed by atoms with van der Waals surface area (Å²) in [5, 5.41) is 8.77. The molecule has 0 aromatic heterocycles. The Bertz CT molecular complexity index is 1090. The lowest BCUT2D eigenvalue weighted by Gasteiger charge is -2.57. The number of hydrogen-bond donors (Lipinski definition) is 1. The number of rotatable bonds is 6. The fraction of sp³-hybridized carbons (Fsp3) is 0.552. The minimum absolute atomic E-state index is 0.0133. The van der Waals surface area contributed by atoms with E-state index in [0.29, 0.717) is 5.75 Å². The summed E-state index contributed by atoms with van der Waals surface area (Å²) in [6.45, 7) is 9.22. The van der Waals surface area contributed by atoms with Crippen molar-refractivity contribution in [1.82, 2.24) is 4.90 Å². The van der Waals surface area contributed by atoms with Crippen LogP contribution >= 0.6 is 0 Å². The van der Waals surface area contributed by atoms with Crippen molar-refractivity contribution in [3.8, 4) is 17.2 Å². The first-order valence-corrected chi connectivity index (χ1v) is 12.9. The van der Waals surface area contributed by atoms with Crippen molar-refractivity contribution < 1.29 is 28.8 Å². The first-order chi connectivity index (χ1) is 17.2. The molecule has 3 aliphatic rings. The number of para-hydroxylation sites is 1. The maximum atomic E-state index is 10.7. The Morgan fingerprint density at radius 1 is 1.14 bits per heavy atom. The molecule has 7 heteroatoms. The summed E-state index contributed by atoms with van der Waals surface area (Å²) in [5.74, 6) is 1.48. The van der Waals surface area contributed by atoms with E-state index >= 15 is 0 Å². The number of carboxylic acid groups (broad SMARTS) is 1. The average Bonchev–Trinajstić information content (AvgIpc) is 2.86. The van der Waals surface area contributed by atoms with E-state index in [1.807, 2.05) is 36.4 Å². The molecule has 0 amide bonds. The van der Waals surface area contributed by atoms with Crippen molar-refractivity contribution in [3.05, 3.63) is 53.6 Å². The Morgan fingerprint density at radius 3 is 2.53 bits per heavy atom. The van der Waals surface area contributed by atoms with Gasteiger partial charge in [-0.2, -0.15) is 0 Å². The van der Waals surface area contributed by atoms with Gasteiger partial charge in [0, 0.05) is 18.0 Å². The van der Waals surface area contributed by atoms with Crippen LogP contribution in [-0.4, -0.2) is 54.5 Å². The van der Waals surface area contributed by atoms with Crippen molar-refractivity contribution in [2.45, 2.75) is 64.4 Å². The van der Waals surface area contributed by atoms with E-state index in [1.165, 1.54) is 5.56 Å². The third-order valence-corrected chi connectivity index (χ3v) is 8.54. The predicted molar refractivity (Wildman–Crippen MR) is 136 cm³/mol. The minimum atomic E-state index is -0.972. The number of piperidine rings is 1. The molecule has 1 spiro atoms. The number of carboxylic acids is 1. The average molecular weight is 496 g/mol. The molecule has 2 saturated heterocycles. The normalized spacial score (nSPS) is 26.4. The van der Waals surface area contributed by atoms with Crippen molar-refractivity contribution in [2.24, 2.45) is 11.3 Å². The molecule has 0 saturated carbocycles. The third-order valence-electron chi connectivity index (χ3n) is 8.54. The van der Waals surface area contributed by atoms with E-state index in [4.69, 9.17) is 24.1 Å². The molecule has 2 aromatic carbocycles. The van der Waals surface area contributed by atoms with Gasteiger partial charge in [-0.25, -0.2) is 4.79 Å². The van der Waals surface area contributed by atoms with Crippen LogP contribution in [0.15, 0.2) is 42.5 Å². The molecule has 0 unspecified atom stereocenters. The molecule has 36 heavy (non-hydrogen) atoms. The molecular weight excluding hydrogens is 458 g/mol. The van der Waals surface area contributed by atoms with E-state index in [0.717, 1.165) is 56.0 Å². The SMILES string of the molecule is COc1cccc2c1OC(C)(C)[C@H]1CC3(CCN(Cc4ccc(OCC(=O)O)cc4)CC3)[C@H](C)O[C@H]21. The number of benzene rings is 2. The van der Waals surface area contributed by atoms with Gasteiger partial charge in [0.1, 0.15) is 11.4 Å². The van der Waals surface area contributed by atoms with Crippen LogP contribution < -0.4 is 14.2 Å². The zero-order valence-corrected chi connectivity index (χ0v) is 21.7. The number of hydrogen-bond acceptors (Lipinski definition) is 6. The monoisotopic (exact) mass is 495 g/mol. The molecule has 194 valence electrons. The van der Waals surface area contributed by atoms with E-state index in [9.17, 15) is 4.79 Å². The Labute approximate surface area is 213 Å². The number of fused-ring (bicyclic) bond motifs is 3. The highest BCUT2D eigenvalue weighted by atomic mass is 16.5.